The second-order valence-electron chi connectivity index (χ2n) is 5.21. The number of ether oxygens (including phenoxy) is 1. The van der Waals surface area contributed by atoms with E-state index >= 15 is 0 Å². The van der Waals surface area contributed by atoms with Crippen molar-refractivity contribution in [2.45, 2.75) is 32.1 Å². The number of aliphatic carboxylic acids is 1. The first-order chi connectivity index (χ1) is 8.61. The zero-order valence-corrected chi connectivity index (χ0v) is 10.9. The molecule has 2 rings (SSSR count). The molecule has 0 unspecified atom stereocenters. The Labute approximate surface area is 108 Å². The van der Waals surface area contributed by atoms with E-state index in [2.05, 4.69) is 12.1 Å². The minimum absolute atomic E-state index is 0.174. The number of carbonyl (C=O) groups is 1. The lowest BCUT2D eigenvalue weighted by molar-refractivity contribution is -0.144. The second-order valence-corrected chi connectivity index (χ2v) is 5.21. The van der Waals surface area contributed by atoms with Gasteiger partial charge in [-0.25, -0.2) is 0 Å². The van der Waals surface area contributed by atoms with Crippen LogP contribution in [0, 0.1) is 11.8 Å². The summed E-state index contributed by atoms with van der Waals surface area (Å²) >= 11 is 0. The van der Waals surface area contributed by atoms with Crippen LogP contribution in [0.1, 0.15) is 37.7 Å². The minimum Gasteiger partial charge on any atom is -0.497 e. The molecular weight excluding hydrogens is 228 g/mol. The maximum Gasteiger partial charge on any atom is 0.306 e. The van der Waals surface area contributed by atoms with Crippen LogP contribution in [0.3, 0.4) is 0 Å². The highest BCUT2D eigenvalue weighted by atomic mass is 16.5. The van der Waals surface area contributed by atoms with E-state index in [4.69, 9.17) is 9.84 Å². The van der Waals surface area contributed by atoms with E-state index in [1.807, 2.05) is 19.1 Å². The molecule has 1 aromatic rings. The van der Waals surface area contributed by atoms with Crippen LogP contribution in [0.5, 0.6) is 5.75 Å². The summed E-state index contributed by atoms with van der Waals surface area (Å²) in [5, 5.41) is 9.13. The number of hydrogen-bond donors (Lipinski definition) is 1. The summed E-state index contributed by atoms with van der Waals surface area (Å²) in [6.45, 7) is 2.05. The number of methoxy groups -OCH3 is 1. The van der Waals surface area contributed by atoms with Crippen LogP contribution in [-0.2, 0) is 4.79 Å². The van der Waals surface area contributed by atoms with Gasteiger partial charge in [-0.2, -0.15) is 0 Å². The molecule has 3 heteroatoms. The molecule has 0 aromatic heterocycles. The van der Waals surface area contributed by atoms with Crippen molar-refractivity contribution in [1.29, 1.82) is 0 Å². The number of rotatable bonds is 3. The number of carboxylic acid groups (broad SMARTS) is 1. The fraction of sp³-hybridized carbons (Fsp3) is 0.533. The van der Waals surface area contributed by atoms with Crippen molar-refractivity contribution in [2.75, 3.05) is 7.11 Å². The molecule has 0 bridgehead atoms. The Bertz CT molecular complexity index is 428. The number of carboxylic acids is 1. The van der Waals surface area contributed by atoms with E-state index in [0.29, 0.717) is 5.92 Å². The summed E-state index contributed by atoms with van der Waals surface area (Å²) in [7, 11) is 1.67. The first-order valence-electron chi connectivity index (χ1n) is 6.48. The lowest BCUT2D eigenvalue weighted by Gasteiger charge is -2.32. The predicted octanol–water partition coefficient (Wildman–Crippen LogP) is 3.30. The number of benzene rings is 1. The fourth-order valence-electron chi connectivity index (χ4n) is 2.96. The lowest BCUT2D eigenvalue weighted by atomic mass is 9.72. The molecule has 98 valence electrons. The lowest BCUT2D eigenvalue weighted by Crippen LogP contribution is -2.28. The molecule has 0 heterocycles. The van der Waals surface area contributed by atoms with E-state index < -0.39 is 5.97 Å². The summed E-state index contributed by atoms with van der Waals surface area (Å²) < 4.78 is 5.24. The van der Waals surface area contributed by atoms with Gasteiger partial charge >= 0.3 is 5.97 Å². The van der Waals surface area contributed by atoms with Crippen LogP contribution in [0.2, 0.25) is 0 Å². The van der Waals surface area contributed by atoms with Crippen molar-refractivity contribution in [2.24, 2.45) is 11.8 Å². The van der Waals surface area contributed by atoms with Gasteiger partial charge < -0.3 is 9.84 Å². The third kappa shape index (κ3) is 2.66. The maximum atomic E-state index is 11.1. The molecule has 0 amide bonds. The third-order valence-corrected chi connectivity index (χ3v) is 4.05. The van der Waals surface area contributed by atoms with Gasteiger partial charge in [0.15, 0.2) is 0 Å². The highest BCUT2D eigenvalue weighted by Crippen LogP contribution is 2.40. The van der Waals surface area contributed by atoms with E-state index in [1.165, 1.54) is 5.56 Å². The van der Waals surface area contributed by atoms with Crippen LogP contribution in [0.25, 0.3) is 0 Å². The molecule has 1 aliphatic rings. The average Bonchev–Trinajstić information content (AvgIpc) is 2.38. The van der Waals surface area contributed by atoms with Crippen molar-refractivity contribution in [3.05, 3.63) is 29.8 Å². The molecule has 0 spiro atoms. The van der Waals surface area contributed by atoms with E-state index in [-0.39, 0.29) is 11.8 Å². The highest BCUT2D eigenvalue weighted by Gasteiger charge is 2.32. The van der Waals surface area contributed by atoms with Gasteiger partial charge in [0.05, 0.1) is 13.0 Å². The molecular formula is C15H20O3. The fourth-order valence-corrected chi connectivity index (χ4v) is 2.96. The predicted molar refractivity (Wildman–Crippen MR) is 69.9 cm³/mol. The monoisotopic (exact) mass is 248 g/mol. The quantitative estimate of drug-likeness (QED) is 0.892. The summed E-state index contributed by atoms with van der Waals surface area (Å²) in [4.78, 5) is 11.1. The average molecular weight is 248 g/mol. The Morgan fingerprint density at radius 3 is 2.78 bits per heavy atom. The Balaban J connectivity index is 2.09. The van der Waals surface area contributed by atoms with Gasteiger partial charge in [-0.05, 0) is 48.8 Å². The maximum absolute atomic E-state index is 11.1. The third-order valence-electron chi connectivity index (χ3n) is 4.05. The van der Waals surface area contributed by atoms with Crippen LogP contribution in [-0.4, -0.2) is 18.2 Å². The van der Waals surface area contributed by atoms with Gasteiger partial charge in [0, 0.05) is 0 Å². The topological polar surface area (TPSA) is 46.5 Å². The molecule has 1 saturated carbocycles. The van der Waals surface area contributed by atoms with Crippen molar-refractivity contribution < 1.29 is 14.6 Å². The molecule has 0 radical (unpaired) electrons. The van der Waals surface area contributed by atoms with Gasteiger partial charge in [-0.3, -0.25) is 4.79 Å². The van der Waals surface area contributed by atoms with Crippen molar-refractivity contribution >= 4 is 5.97 Å². The zero-order valence-electron chi connectivity index (χ0n) is 10.9. The second kappa shape index (κ2) is 5.42. The minimum atomic E-state index is -0.647. The van der Waals surface area contributed by atoms with E-state index in [9.17, 15) is 4.79 Å². The molecule has 0 aliphatic heterocycles. The van der Waals surface area contributed by atoms with Crippen LogP contribution >= 0.6 is 0 Å². The molecule has 3 atom stereocenters. The molecule has 1 N–H and O–H groups in total. The molecule has 18 heavy (non-hydrogen) atoms. The van der Waals surface area contributed by atoms with Gasteiger partial charge in [0.25, 0.3) is 0 Å². The zero-order chi connectivity index (χ0) is 13.1. The summed E-state index contributed by atoms with van der Waals surface area (Å²) in [5.74, 6) is 0.761. The van der Waals surface area contributed by atoms with E-state index in [0.717, 1.165) is 25.0 Å². The Morgan fingerprint density at radius 2 is 2.17 bits per heavy atom. The SMILES string of the molecule is COc1cccc([C@@H]2CC[C@@H](C(=O)O)[C@H](C)C2)c1. The van der Waals surface area contributed by atoms with Gasteiger partial charge in [-0.15, -0.1) is 0 Å². The van der Waals surface area contributed by atoms with Gasteiger partial charge in [0.1, 0.15) is 5.75 Å². The Hall–Kier alpha value is -1.51. The normalized spacial score (nSPS) is 27.8. The molecule has 3 nitrogen and oxygen atoms in total. The first-order valence-corrected chi connectivity index (χ1v) is 6.48. The standard InChI is InChI=1S/C15H20O3/c1-10-8-12(6-7-14(10)15(16)17)11-4-3-5-13(9-11)18-2/h3-5,9-10,12,14H,6-8H2,1-2H3,(H,16,17)/t10-,12-,14-/m1/s1. The van der Waals surface area contributed by atoms with Crippen molar-refractivity contribution in [3.8, 4) is 5.75 Å². The number of hydrogen-bond acceptors (Lipinski definition) is 2. The summed E-state index contributed by atoms with van der Waals surface area (Å²) in [5.41, 5.74) is 1.27. The van der Waals surface area contributed by atoms with Crippen LogP contribution in [0.4, 0.5) is 0 Å². The van der Waals surface area contributed by atoms with Crippen LogP contribution in [0.15, 0.2) is 24.3 Å². The molecule has 1 aromatic carbocycles. The van der Waals surface area contributed by atoms with Gasteiger partial charge in [0.2, 0.25) is 0 Å². The highest BCUT2D eigenvalue weighted by molar-refractivity contribution is 5.70. The summed E-state index contributed by atoms with van der Waals surface area (Å²) in [6.07, 6.45) is 2.68. The largest absolute Gasteiger partial charge is 0.497 e. The smallest absolute Gasteiger partial charge is 0.306 e. The van der Waals surface area contributed by atoms with Gasteiger partial charge in [-0.1, -0.05) is 19.1 Å². The Kier molecular flexibility index (Phi) is 3.90. The van der Waals surface area contributed by atoms with E-state index in [1.54, 1.807) is 7.11 Å². The molecule has 1 aliphatic carbocycles. The molecule has 1 fully saturated rings. The molecule has 0 saturated heterocycles. The van der Waals surface area contributed by atoms with Crippen LogP contribution < -0.4 is 4.74 Å². The van der Waals surface area contributed by atoms with Crippen molar-refractivity contribution in [1.82, 2.24) is 0 Å². The Morgan fingerprint density at radius 1 is 1.39 bits per heavy atom. The summed E-state index contributed by atoms with van der Waals surface area (Å²) in [6, 6.07) is 8.12. The first kappa shape index (κ1) is 12.9. The van der Waals surface area contributed by atoms with Crippen molar-refractivity contribution in [3.63, 3.8) is 0 Å².